The third-order valence-electron chi connectivity index (χ3n) is 5.13. The second-order valence-corrected chi connectivity index (χ2v) is 7.01. The molecule has 1 saturated heterocycles. The molecule has 0 bridgehead atoms. The highest BCUT2D eigenvalue weighted by molar-refractivity contribution is 5.83. The van der Waals surface area contributed by atoms with Crippen molar-refractivity contribution in [1.29, 1.82) is 0 Å². The summed E-state index contributed by atoms with van der Waals surface area (Å²) < 4.78 is 14.9. The van der Waals surface area contributed by atoms with Crippen molar-refractivity contribution in [2.24, 2.45) is 0 Å². The molecule has 0 saturated carbocycles. The van der Waals surface area contributed by atoms with E-state index in [1.54, 1.807) is 16.6 Å². The van der Waals surface area contributed by atoms with E-state index in [1.807, 2.05) is 6.92 Å². The second kappa shape index (κ2) is 6.36. The zero-order valence-electron chi connectivity index (χ0n) is 15.3. The minimum absolute atomic E-state index is 0.140. The molecule has 1 aliphatic heterocycles. The molecule has 0 aliphatic carbocycles. The first kappa shape index (κ1) is 16.8. The lowest BCUT2D eigenvalue weighted by molar-refractivity contribution is 0.568. The summed E-state index contributed by atoms with van der Waals surface area (Å²) in [6.07, 6.45) is 3.33. The van der Waals surface area contributed by atoms with Gasteiger partial charge in [0.25, 0.3) is 5.56 Å². The number of aromatic nitrogens is 6. The first-order valence-electron chi connectivity index (χ1n) is 9.29. The summed E-state index contributed by atoms with van der Waals surface area (Å²) in [6.45, 7) is 3.56. The number of piperidine rings is 1. The molecule has 0 amide bonds. The van der Waals surface area contributed by atoms with Crippen LogP contribution in [0.15, 0.2) is 29.1 Å². The molecule has 0 unspecified atom stereocenters. The maximum atomic E-state index is 13.3. The Balaban J connectivity index is 1.75. The molecule has 4 heterocycles. The first-order chi connectivity index (χ1) is 13.6. The molecule has 142 valence electrons. The molecule has 5 rings (SSSR count). The number of H-pyrrole nitrogens is 1. The number of nitrogens with zero attached hydrogens (tertiary/aromatic N) is 6. The van der Waals surface area contributed by atoms with Gasteiger partial charge >= 0.3 is 0 Å². The fraction of sp³-hybridized carbons (Fsp3) is 0.316. The summed E-state index contributed by atoms with van der Waals surface area (Å²) in [7, 11) is 0. The largest absolute Gasteiger partial charge is 0.342 e. The minimum atomic E-state index is -0.337. The van der Waals surface area contributed by atoms with Crippen molar-refractivity contribution in [3.63, 3.8) is 0 Å². The number of rotatable bonds is 2. The third kappa shape index (κ3) is 2.62. The minimum Gasteiger partial charge on any atom is -0.342 e. The predicted molar refractivity (Wildman–Crippen MR) is 103 cm³/mol. The first-order valence-corrected chi connectivity index (χ1v) is 9.29. The standard InChI is InChI=1S/C19H18FN7O/c1-11-14(12-5-7-13(20)8-6-12)16-24-23-15-17(27(16)25-11)21-19(22-18(15)28)26-9-3-2-4-10-26/h5-8H,2-4,9-10H2,1H3,(H,21,22,28). The van der Waals surface area contributed by atoms with Crippen LogP contribution in [0.3, 0.4) is 0 Å². The van der Waals surface area contributed by atoms with Gasteiger partial charge in [-0.05, 0) is 43.9 Å². The highest BCUT2D eigenvalue weighted by Crippen LogP contribution is 2.28. The number of halogens is 1. The van der Waals surface area contributed by atoms with Crippen molar-refractivity contribution in [2.75, 3.05) is 18.0 Å². The summed E-state index contributed by atoms with van der Waals surface area (Å²) in [5.74, 6) is 0.219. The van der Waals surface area contributed by atoms with Gasteiger partial charge in [0.1, 0.15) is 5.82 Å². The Bertz CT molecular complexity index is 1240. The van der Waals surface area contributed by atoms with Crippen molar-refractivity contribution in [2.45, 2.75) is 26.2 Å². The fourth-order valence-corrected chi connectivity index (χ4v) is 3.74. The van der Waals surface area contributed by atoms with E-state index in [9.17, 15) is 9.18 Å². The number of fused-ring (bicyclic) bond motifs is 3. The number of aromatic amines is 1. The number of aryl methyl sites for hydroxylation is 1. The van der Waals surface area contributed by atoms with Crippen molar-refractivity contribution < 1.29 is 4.39 Å². The van der Waals surface area contributed by atoms with E-state index in [2.05, 4.69) is 30.2 Å². The summed E-state index contributed by atoms with van der Waals surface area (Å²) in [5.41, 5.74) is 2.89. The monoisotopic (exact) mass is 379 g/mol. The molecule has 1 aromatic carbocycles. The molecule has 9 heteroatoms. The van der Waals surface area contributed by atoms with Gasteiger partial charge in [0.15, 0.2) is 16.8 Å². The number of hydrogen-bond acceptors (Lipinski definition) is 6. The molecule has 0 radical (unpaired) electrons. The molecule has 1 fully saturated rings. The lowest BCUT2D eigenvalue weighted by atomic mass is 10.1. The lowest BCUT2D eigenvalue weighted by Crippen LogP contribution is -2.32. The van der Waals surface area contributed by atoms with E-state index in [0.29, 0.717) is 22.9 Å². The second-order valence-electron chi connectivity index (χ2n) is 7.01. The van der Waals surface area contributed by atoms with Crippen LogP contribution < -0.4 is 10.5 Å². The zero-order valence-corrected chi connectivity index (χ0v) is 15.3. The van der Waals surface area contributed by atoms with Gasteiger partial charge in [0.2, 0.25) is 5.95 Å². The normalized spacial score (nSPS) is 14.9. The number of benzene rings is 1. The zero-order chi connectivity index (χ0) is 19.3. The van der Waals surface area contributed by atoms with Crippen LogP contribution in [0, 0.1) is 12.7 Å². The molecule has 3 aromatic heterocycles. The van der Waals surface area contributed by atoms with E-state index in [1.165, 1.54) is 18.6 Å². The molecular formula is C19H18FN7O. The quantitative estimate of drug-likeness (QED) is 0.575. The Labute approximate surface area is 159 Å². The van der Waals surface area contributed by atoms with Crippen molar-refractivity contribution >= 4 is 22.8 Å². The molecule has 1 N–H and O–H groups in total. The van der Waals surface area contributed by atoms with Gasteiger partial charge in [0.05, 0.1) is 11.3 Å². The van der Waals surface area contributed by atoms with Crippen LogP contribution in [0.5, 0.6) is 0 Å². The molecule has 28 heavy (non-hydrogen) atoms. The van der Waals surface area contributed by atoms with E-state index >= 15 is 0 Å². The molecule has 0 atom stereocenters. The highest BCUT2D eigenvalue weighted by atomic mass is 19.1. The summed E-state index contributed by atoms with van der Waals surface area (Å²) in [4.78, 5) is 22.1. The Morgan fingerprint density at radius 2 is 1.79 bits per heavy atom. The lowest BCUT2D eigenvalue weighted by Gasteiger charge is -2.26. The average Bonchev–Trinajstić information content (AvgIpc) is 3.05. The molecule has 1 aliphatic rings. The predicted octanol–water partition coefficient (Wildman–Crippen LogP) is 2.47. The smallest absolute Gasteiger partial charge is 0.282 e. The SMILES string of the molecule is Cc1nn2c(nnc3c(=O)[nH]c(N4CCCCC4)nc32)c1-c1ccc(F)cc1. The molecule has 4 aromatic rings. The Morgan fingerprint density at radius 1 is 1.04 bits per heavy atom. The van der Waals surface area contributed by atoms with Gasteiger partial charge in [0, 0.05) is 13.1 Å². The Morgan fingerprint density at radius 3 is 2.54 bits per heavy atom. The van der Waals surface area contributed by atoms with Crippen molar-refractivity contribution in [3.8, 4) is 11.1 Å². The Hall–Kier alpha value is -3.36. The number of nitrogens with one attached hydrogen (secondary N) is 1. The fourth-order valence-electron chi connectivity index (χ4n) is 3.74. The highest BCUT2D eigenvalue weighted by Gasteiger charge is 2.20. The summed E-state index contributed by atoms with van der Waals surface area (Å²) in [6, 6.07) is 6.14. The van der Waals surface area contributed by atoms with Crippen LogP contribution in [0.1, 0.15) is 25.0 Å². The number of anilines is 1. The maximum Gasteiger partial charge on any atom is 0.282 e. The molecular weight excluding hydrogens is 361 g/mol. The van der Waals surface area contributed by atoms with Crippen LogP contribution in [0.4, 0.5) is 10.3 Å². The van der Waals surface area contributed by atoms with Gasteiger partial charge in [-0.1, -0.05) is 12.1 Å². The Kier molecular flexibility index (Phi) is 3.81. The van der Waals surface area contributed by atoms with Crippen LogP contribution in [0.2, 0.25) is 0 Å². The van der Waals surface area contributed by atoms with Gasteiger partial charge in [-0.3, -0.25) is 9.78 Å². The van der Waals surface area contributed by atoms with Gasteiger partial charge in [-0.2, -0.15) is 14.6 Å². The average molecular weight is 379 g/mol. The molecule has 0 spiro atoms. The van der Waals surface area contributed by atoms with Crippen LogP contribution in [-0.2, 0) is 0 Å². The van der Waals surface area contributed by atoms with E-state index < -0.39 is 0 Å². The van der Waals surface area contributed by atoms with Gasteiger partial charge in [-0.15, -0.1) is 10.2 Å². The number of hydrogen-bond donors (Lipinski definition) is 1. The van der Waals surface area contributed by atoms with Crippen LogP contribution in [0.25, 0.3) is 27.9 Å². The van der Waals surface area contributed by atoms with Gasteiger partial charge < -0.3 is 4.90 Å². The van der Waals surface area contributed by atoms with E-state index in [-0.39, 0.29) is 16.9 Å². The van der Waals surface area contributed by atoms with Crippen molar-refractivity contribution in [1.82, 2.24) is 29.8 Å². The van der Waals surface area contributed by atoms with Gasteiger partial charge in [-0.25, -0.2) is 4.39 Å². The topological polar surface area (TPSA) is 92.1 Å². The summed E-state index contributed by atoms with van der Waals surface area (Å²) >= 11 is 0. The van der Waals surface area contributed by atoms with Crippen LogP contribution >= 0.6 is 0 Å². The maximum absolute atomic E-state index is 13.3. The summed E-state index contributed by atoms with van der Waals surface area (Å²) in [5, 5.41) is 12.9. The molecule has 8 nitrogen and oxygen atoms in total. The van der Waals surface area contributed by atoms with Crippen molar-refractivity contribution in [3.05, 3.63) is 46.1 Å². The van der Waals surface area contributed by atoms with E-state index in [0.717, 1.165) is 37.1 Å². The van der Waals surface area contributed by atoms with E-state index in [4.69, 9.17) is 0 Å². The third-order valence-corrected chi connectivity index (χ3v) is 5.13. The van der Waals surface area contributed by atoms with Crippen LogP contribution in [-0.4, -0.2) is 42.9 Å².